The van der Waals surface area contributed by atoms with Gasteiger partial charge in [0.25, 0.3) is 0 Å². The number of nitrogens with one attached hydrogen (secondary N) is 2. The summed E-state index contributed by atoms with van der Waals surface area (Å²) in [5.41, 5.74) is 2.82. The Balaban J connectivity index is 1.81. The molecule has 2 N–H and O–H groups in total. The number of pyridine rings is 1. The molecule has 0 saturated heterocycles. The van der Waals surface area contributed by atoms with Gasteiger partial charge >= 0.3 is 0 Å². The van der Waals surface area contributed by atoms with Crippen molar-refractivity contribution in [1.82, 2.24) is 15.6 Å². The van der Waals surface area contributed by atoms with Crippen LogP contribution in [0, 0.1) is 12.7 Å². The second-order valence-electron chi connectivity index (χ2n) is 4.96. The predicted octanol–water partition coefficient (Wildman–Crippen LogP) is 2.44. The van der Waals surface area contributed by atoms with Gasteiger partial charge in [-0.1, -0.05) is 24.3 Å². The lowest BCUT2D eigenvalue weighted by molar-refractivity contribution is 0.606. The maximum absolute atomic E-state index is 13.5. The van der Waals surface area contributed by atoms with E-state index >= 15 is 0 Å². The van der Waals surface area contributed by atoms with Gasteiger partial charge < -0.3 is 10.6 Å². The zero-order valence-electron chi connectivity index (χ0n) is 12.9. The number of hydrogen-bond donors (Lipinski definition) is 2. The number of guanidine groups is 1. The number of aliphatic imine (C=N–C) groups is 1. The fourth-order valence-corrected chi connectivity index (χ4v) is 2.11. The molecule has 0 atom stereocenters. The molecule has 1 heterocycles. The van der Waals surface area contributed by atoms with Gasteiger partial charge in [0, 0.05) is 19.8 Å². The first-order valence-corrected chi connectivity index (χ1v) is 7.29. The van der Waals surface area contributed by atoms with Crippen molar-refractivity contribution in [2.45, 2.75) is 19.9 Å². The van der Waals surface area contributed by atoms with Crippen LogP contribution in [0.3, 0.4) is 0 Å². The van der Waals surface area contributed by atoms with Gasteiger partial charge in [0.1, 0.15) is 5.82 Å². The van der Waals surface area contributed by atoms with Crippen LogP contribution in [0.2, 0.25) is 0 Å². The predicted molar refractivity (Wildman–Crippen MR) is 87.3 cm³/mol. The summed E-state index contributed by atoms with van der Waals surface area (Å²) in [4.78, 5) is 8.49. The molecule has 0 aliphatic rings. The van der Waals surface area contributed by atoms with E-state index in [2.05, 4.69) is 20.6 Å². The molecule has 2 rings (SSSR count). The van der Waals surface area contributed by atoms with Crippen LogP contribution in [0.4, 0.5) is 4.39 Å². The highest BCUT2D eigenvalue weighted by atomic mass is 19.1. The van der Waals surface area contributed by atoms with Crippen LogP contribution in [0.1, 0.15) is 16.8 Å². The summed E-state index contributed by atoms with van der Waals surface area (Å²) >= 11 is 0. The molecule has 0 unspecified atom stereocenters. The van der Waals surface area contributed by atoms with Crippen LogP contribution in [0.15, 0.2) is 47.6 Å². The summed E-state index contributed by atoms with van der Waals surface area (Å²) in [5.74, 6) is 0.512. The molecule has 0 amide bonds. The third kappa shape index (κ3) is 4.55. The summed E-state index contributed by atoms with van der Waals surface area (Å²) in [6.45, 7) is 3.24. The van der Waals surface area contributed by atoms with Crippen LogP contribution in [0.5, 0.6) is 0 Å². The molecule has 0 radical (unpaired) electrons. The van der Waals surface area contributed by atoms with Crippen molar-refractivity contribution in [2.75, 3.05) is 13.6 Å². The Kier molecular flexibility index (Phi) is 5.89. The van der Waals surface area contributed by atoms with Crippen molar-refractivity contribution in [3.05, 3.63) is 65.2 Å². The highest BCUT2D eigenvalue weighted by Crippen LogP contribution is 2.06. The molecule has 0 aliphatic heterocycles. The lowest BCUT2D eigenvalue weighted by atomic mass is 10.1. The number of aromatic nitrogens is 1. The summed E-state index contributed by atoms with van der Waals surface area (Å²) < 4.78 is 13.5. The molecule has 0 fully saturated rings. The fourth-order valence-electron chi connectivity index (χ4n) is 2.11. The molecule has 0 bridgehead atoms. The van der Waals surface area contributed by atoms with E-state index in [0.717, 1.165) is 11.3 Å². The van der Waals surface area contributed by atoms with E-state index in [1.165, 1.54) is 6.07 Å². The number of halogens is 1. The minimum absolute atomic E-state index is 0.170. The van der Waals surface area contributed by atoms with E-state index in [9.17, 15) is 4.39 Å². The van der Waals surface area contributed by atoms with Crippen molar-refractivity contribution >= 4 is 5.96 Å². The molecule has 1 aromatic carbocycles. The van der Waals surface area contributed by atoms with Gasteiger partial charge in [0.15, 0.2) is 5.96 Å². The molecule has 4 nitrogen and oxygen atoms in total. The Labute approximate surface area is 130 Å². The molecule has 0 aliphatic carbocycles. The number of nitrogens with zero attached hydrogens (tertiary/aromatic N) is 2. The van der Waals surface area contributed by atoms with E-state index < -0.39 is 0 Å². The van der Waals surface area contributed by atoms with Crippen LogP contribution < -0.4 is 10.6 Å². The van der Waals surface area contributed by atoms with Gasteiger partial charge in [-0.2, -0.15) is 0 Å². The van der Waals surface area contributed by atoms with E-state index in [4.69, 9.17) is 0 Å². The molecule has 2 aromatic rings. The molecule has 22 heavy (non-hydrogen) atoms. The first kappa shape index (κ1) is 15.9. The summed E-state index contributed by atoms with van der Waals surface area (Å²) in [6, 6.07) is 10.8. The Morgan fingerprint density at radius 3 is 2.73 bits per heavy atom. The third-order valence-electron chi connectivity index (χ3n) is 3.41. The number of rotatable bonds is 5. The normalized spacial score (nSPS) is 11.3. The lowest BCUT2D eigenvalue weighted by Crippen LogP contribution is -2.38. The molecular formula is C17H21FN4. The molecule has 5 heteroatoms. The Bertz CT molecular complexity index is 640. The van der Waals surface area contributed by atoms with E-state index in [1.54, 1.807) is 25.4 Å². The number of hydrogen-bond acceptors (Lipinski definition) is 2. The average Bonchev–Trinajstić information content (AvgIpc) is 2.54. The van der Waals surface area contributed by atoms with Crippen LogP contribution >= 0.6 is 0 Å². The number of benzene rings is 1. The second-order valence-corrected chi connectivity index (χ2v) is 4.96. The van der Waals surface area contributed by atoms with Crippen molar-refractivity contribution < 1.29 is 4.39 Å². The van der Waals surface area contributed by atoms with Crippen LogP contribution in [-0.4, -0.2) is 24.5 Å². The maximum Gasteiger partial charge on any atom is 0.191 e. The largest absolute Gasteiger partial charge is 0.356 e. The zero-order valence-corrected chi connectivity index (χ0v) is 12.9. The molecule has 0 spiro atoms. The monoisotopic (exact) mass is 300 g/mol. The molecule has 116 valence electrons. The molecule has 1 aromatic heterocycles. The first-order valence-electron chi connectivity index (χ1n) is 7.29. The van der Waals surface area contributed by atoms with Gasteiger partial charge in [0.05, 0.1) is 12.2 Å². The van der Waals surface area contributed by atoms with Crippen molar-refractivity contribution in [3.8, 4) is 0 Å². The van der Waals surface area contributed by atoms with Gasteiger partial charge in [-0.3, -0.25) is 9.98 Å². The minimum Gasteiger partial charge on any atom is -0.356 e. The summed E-state index contributed by atoms with van der Waals surface area (Å²) in [5, 5.41) is 6.39. The van der Waals surface area contributed by atoms with E-state index in [0.29, 0.717) is 31.0 Å². The van der Waals surface area contributed by atoms with Gasteiger partial charge in [-0.15, -0.1) is 0 Å². The highest BCUT2D eigenvalue weighted by molar-refractivity contribution is 5.79. The smallest absolute Gasteiger partial charge is 0.191 e. The second kappa shape index (κ2) is 8.12. The van der Waals surface area contributed by atoms with Gasteiger partial charge in [0.2, 0.25) is 0 Å². The van der Waals surface area contributed by atoms with Crippen LogP contribution in [0.25, 0.3) is 0 Å². The van der Waals surface area contributed by atoms with E-state index in [1.807, 2.05) is 25.1 Å². The SMILES string of the molecule is CN=C(NCCc1ccccc1F)NCc1ncccc1C. The van der Waals surface area contributed by atoms with Crippen molar-refractivity contribution in [2.24, 2.45) is 4.99 Å². The summed E-state index contributed by atoms with van der Waals surface area (Å²) in [7, 11) is 1.71. The van der Waals surface area contributed by atoms with E-state index in [-0.39, 0.29) is 5.82 Å². The quantitative estimate of drug-likeness (QED) is 0.658. The summed E-state index contributed by atoms with van der Waals surface area (Å²) in [6.07, 6.45) is 2.38. The highest BCUT2D eigenvalue weighted by Gasteiger charge is 2.03. The van der Waals surface area contributed by atoms with Gasteiger partial charge in [-0.05, 0) is 36.6 Å². The lowest BCUT2D eigenvalue weighted by Gasteiger charge is -2.12. The minimum atomic E-state index is -0.170. The van der Waals surface area contributed by atoms with Crippen molar-refractivity contribution in [3.63, 3.8) is 0 Å². The average molecular weight is 300 g/mol. The topological polar surface area (TPSA) is 49.3 Å². The zero-order chi connectivity index (χ0) is 15.8. The maximum atomic E-state index is 13.5. The Morgan fingerprint density at radius 1 is 1.18 bits per heavy atom. The standard InChI is InChI=1S/C17H21FN4/c1-13-6-5-10-20-16(13)12-22-17(19-2)21-11-9-14-7-3-4-8-15(14)18/h3-8,10H,9,11-12H2,1-2H3,(H2,19,21,22). The van der Waals surface area contributed by atoms with Crippen molar-refractivity contribution in [1.29, 1.82) is 0 Å². The first-order chi connectivity index (χ1) is 10.7. The Hall–Kier alpha value is -2.43. The van der Waals surface area contributed by atoms with Gasteiger partial charge in [-0.25, -0.2) is 4.39 Å². The molecular weight excluding hydrogens is 279 g/mol. The Morgan fingerprint density at radius 2 is 2.00 bits per heavy atom. The third-order valence-corrected chi connectivity index (χ3v) is 3.41. The fraction of sp³-hybridized carbons (Fsp3) is 0.294. The number of aryl methyl sites for hydroxylation is 1. The molecule has 0 saturated carbocycles. The van der Waals surface area contributed by atoms with Crippen LogP contribution in [-0.2, 0) is 13.0 Å².